The minimum absolute atomic E-state index is 0.0607. The van der Waals surface area contributed by atoms with Crippen molar-refractivity contribution in [3.63, 3.8) is 0 Å². The van der Waals surface area contributed by atoms with Crippen LogP contribution in [-0.4, -0.2) is 31.4 Å². The Morgan fingerprint density at radius 1 is 1.14 bits per heavy atom. The van der Waals surface area contributed by atoms with Crippen molar-refractivity contribution in [1.29, 1.82) is 0 Å². The molecule has 0 aliphatic heterocycles. The van der Waals surface area contributed by atoms with Gasteiger partial charge in [0.2, 0.25) is 0 Å². The van der Waals surface area contributed by atoms with Crippen LogP contribution in [0.2, 0.25) is 0 Å². The molecule has 4 nitrogen and oxygen atoms in total. The van der Waals surface area contributed by atoms with Gasteiger partial charge in [-0.05, 0) is 43.5 Å². The van der Waals surface area contributed by atoms with Gasteiger partial charge in [-0.25, -0.2) is 8.42 Å². The van der Waals surface area contributed by atoms with Crippen molar-refractivity contribution in [2.45, 2.75) is 62.5 Å². The Morgan fingerprint density at radius 2 is 1.81 bits per heavy atom. The van der Waals surface area contributed by atoms with Crippen LogP contribution in [0.25, 0.3) is 0 Å². The number of rotatable bonds is 5. The van der Waals surface area contributed by atoms with Gasteiger partial charge < -0.3 is 10.4 Å². The molecule has 0 spiro atoms. The predicted molar refractivity (Wildman–Crippen MR) is 85.3 cm³/mol. The van der Waals surface area contributed by atoms with Crippen LogP contribution in [0.1, 0.15) is 45.4 Å². The maximum absolute atomic E-state index is 12.0. The first-order valence-corrected chi connectivity index (χ1v) is 9.45. The first-order valence-electron chi connectivity index (χ1n) is 7.80. The molecule has 21 heavy (non-hydrogen) atoms. The van der Waals surface area contributed by atoms with Gasteiger partial charge in [-0.15, -0.1) is 0 Å². The summed E-state index contributed by atoms with van der Waals surface area (Å²) in [7, 11) is -3.15. The third kappa shape index (κ3) is 4.45. The van der Waals surface area contributed by atoms with Gasteiger partial charge in [0.15, 0.2) is 9.84 Å². The molecule has 118 valence electrons. The Balaban J connectivity index is 2.05. The SMILES string of the molecule is CCCS(=O)(=O)c1ccc(NC2CCCCCC2O)cc1. The molecule has 1 aliphatic carbocycles. The van der Waals surface area contributed by atoms with E-state index in [1.54, 1.807) is 24.3 Å². The summed E-state index contributed by atoms with van der Waals surface area (Å²) in [6.45, 7) is 1.86. The monoisotopic (exact) mass is 311 g/mol. The van der Waals surface area contributed by atoms with Crippen molar-refractivity contribution in [2.24, 2.45) is 0 Å². The van der Waals surface area contributed by atoms with Crippen LogP contribution in [-0.2, 0) is 9.84 Å². The van der Waals surface area contributed by atoms with E-state index in [9.17, 15) is 13.5 Å². The van der Waals surface area contributed by atoms with Gasteiger partial charge in [0.1, 0.15) is 0 Å². The molecule has 0 aromatic heterocycles. The molecule has 2 N–H and O–H groups in total. The number of hydrogen-bond acceptors (Lipinski definition) is 4. The molecule has 0 bridgehead atoms. The molecule has 1 aliphatic rings. The van der Waals surface area contributed by atoms with Crippen molar-refractivity contribution >= 4 is 15.5 Å². The lowest BCUT2D eigenvalue weighted by molar-refractivity contribution is 0.144. The fourth-order valence-electron chi connectivity index (χ4n) is 2.82. The molecule has 5 heteroatoms. The van der Waals surface area contributed by atoms with Gasteiger partial charge in [-0.1, -0.05) is 26.2 Å². The van der Waals surface area contributed by atoms with E-state index >= 15 is 0 Å². The third-order valence-electron chi connectivity index (χ3n) is 4.02. The second-order valence-electron chi connectivity index (χ2n) is 5.80. The third-order valence-corrected chi connectivity index (χ3v) is 5.95. The molecule has 0 saturated heterocycles. The molecule has 2 rings (SSSR count). The second-order valence-corrected chi connectivity index (χ2v) is 7.91. The molecule has 1 aromatic carbocycles. The number of aliphatic hydroxyl groups is 1. The molecule has 2 unspecified atom stereocenters. The summed E-state index contributed by atoms with van der Waals surface area (Å²) in [6.07, 6.45) is 5.46. The number of nitrogens with one attached hydrogen (secondary N) is 1. The molecule has 1 fully saturated rings. The van der Waals surface area contributed by atoms with Gasteiger partial charge in [-0.2, -0.15) is 0 Å². The number of anilines is 1. The van der Waals surface area contributed by atoms with Crippen molar-refractivity contribution in [2.75, 3.05) is 11.1 Å². The maximum Gasteiger partial charge on any atom is 0.178 e. The molecule has 0 heterocycles. The second kappa shape index (κ2) is 7.27. The molecule has 1 aromatic rings. The van der Waals surface area contributed by atoms with Crippen molar-refractivity contribution in [3.05, 3.63) is 24.3 Å². The van der Waals surface area contributed by atoms with Crippen LogP contribution in [0.4, 0.5) is 5.69 Å². The lowest BCUT2D eigenvalue weighted by Gasteiger charge is -2.23. The highest BCUT2D eigenvalue weighted by atomic mass is 32.2. The largest absolute Gasteiger partial charge is 0.391 e. The summed E-state index contributed by atoms with van der Waals surface area (Å²) in [5.74, 6) is 0.182. The Hall–Kier alpha value is -1.07. The number of benzene rings is 1. The van der Waals surface area contributed by atoms with Crippen molar-refractivity contribution in [3.8, 4) is 0 Å². The van der Waals surface area contributed by atoms with Gasteiger partial charge in [0.25, 0.3) is 0 Å². The summed E-state index contributed by atoms with van der Waals surface area (Å²) in [6, 6.07) is 6.94. The Kier molecular flexibility index (Phi) is 5.65. The highest BCUT2D eigenvalue weighted by Gasteiger charge is 2.21. The summed E-state index contributed by atoms with van der Waals surface area (Å²) < 4.78 is 23.9. The first kappa shape index (κ1) is 16.3. The number of hydrogen-bond donors (Lipinski definition) is 2. The van der Waals surface area contributed by atoms with E-state index < -0.39 is 9.84 Å². The van der Waals surface area contributed by atoms with Crippen LogP contribution in [0.15, 0.2) is 29.2 Å². The molecular weight excluding hydrogens is 286 g/mol. The van der Waals surface area contributed by atoms with E-state index in [2.05, 4.69) is 5.32 Å². The number of sulfone groups is 1. The maximum atomic E-state index is 12.0. The van der Waals surface area contributed by atoms with E-state index in [0.717, 1.165) is 31.4 Å². The van der Waals surface area contributed by atoms with Gasteiger partial charge in [0.05, 0.1) is 22.8 Å². The fourth-order valence-corrected chi connectivity index (χ4v) is 4.14. The minimum Gasteiger partial charge on any atom is -0.391 e. The van der Waals surface area contributed by atoms with Crippen LogP contribution in [0.3, 0.4) is 0 Å². The summed E-state index contributed by atoms with van der Waals surface area (Å²) in [5.41, 5.74) is 0.872. The van der Waals surface area contributed by atoms with Crippen LogP contribution in [0.5, 0.6) is 0 Å². The van der Waals surface area contributed by atoms with Crippen LogP contribution < -0.4 is 5.32 Å². The zero-order valence-electron chi connectivity index (χ0n) is 12.6. The van der Waals surface area contributed by atoms with Crippen LogP contribution in [0, 0.1) is 0 Å². The average Bonchev–Trinajstić information content (AvgIpc) is 2.65. The quantitative estimate of drug-likeness (QED) is 0.820. The van der Waals surface area contributed by atoms with E-state index in [0.29, 0.717) is 11.3 Å². The summed E-state index contributed by atoms with van der Waals surface area (Å²) >= 11 is 0. The standard InChI is InChI=1S/C16H25NO3S/c1-2-12-21(19,20)14-10-8-13(9-11-14)17-15-6-4-3-5-7-16(15)18/h8-11,15-18H,2-7,12H2,1H3. The normalized spacial score (nSPS) is 23.5. The van der Waals surface area contributed by atoms with Crippen molar-refractivity contribution in [1.82, 2.24) is 0 Å². The van der Waals surface area contributed by atoms with E-state index in [1.807, 2.05) is 6.92 Å². The molecule has 2 atom stereocenters. The molecule has 0 radical (unpaired) electrons. The fraction of sp³-hybridized carbons (Fsp3) is 0.625. The summed E-state index contributed by atoms with van der Waals surface area (Å²) in [4.78, 5) is 0.372. The van der Waals surface area contributed by atoms with Crippen LogP contribution >= 0.6 is 0 Å². The average molecular weight is 311 g/mol. The highest BCUT2D eigenvalue weighted by Crippen LogP contribution is 2.23. The summed E-state index contributed by atoms with van der Waals surface area (Å²) in [5, 5.41) is 13.4. The van der Waals surface area contributed by atoms with Gasteiger partial charge >= 0.3 is 0 Å². The minimum atomic E-state index is -3.15. The first-order chi connectivity index (χ1) is 10.0. The van der Waals surface area contributed by atoms with Crippen molar-refractivity contribution < 1.29 is 13.5 Å². The predicted octanol–water partition coefficient (Wildman–Crippen LogP) is 2.98. The molecular formula is C16H25NO3S. The highest BCUT2D eigenvalue weighted by molar-refractivity contribution is 7.91. The molecule has 0 amide bonds. The van der Waals surface area contributed by atoms with Gasteiger partial charge in [-0.3, -0.25) is 0 Å². The zero-order chi connectivity index (χ0) is 15.3. The topological polar surface area (TPSA) is 66.4 Å². The number of aliphatic hydroxyl groups excluding tert-OH is 1. The van der Waals surface area contributed by atoms with E-state index in [1.165, 1.54) is 6.42 Å². The lowest BCUT2D eigenvalue weighted by atomic mass is 10.1. The zero-order valence-corrected chi connectivity index (χ0v) is 13.4. The molecule has 1 saturated carbocycles. The van der Waals surface area contributed by atoms with E-state index in [4.69, 9.17) is 0 Å². The lowest BCUT2D eigenvalue weighted by Crippen LogP contribution is -2.32. The Labute approximate surface area is 127 Å². The Morgan fingerprint density at radius 3 is 2.48 bits per heavy atom. The van der Waals surface area contributed by atoms with Gasteiger partial charge in [0, 0.05) is 5.69 Å². The smallest absolute Gasteiger partial charge is 0.178 e. The van der Waals surface area contributed by atoms with E-state index in [-0.39, 0.29) is 17.9 Å². The Bertz CT molecular complexity index is 539.